The monoisotopic (exact) mass is 307 g/mol. The summed E-state index contributed by atoms with van der Waals surface area (Å²) in [5.74, 6) is 0.377. The number of aliphatic hydroxyl groups excluding tert-OH is 1. The molecular weight excluding hydrogens is 286 g/mol. The quantitative estimate of drug-likeness (QED) is 0.354. The number of rotatable bonds is 3. The third-order valence-electron chi connectivity index (χ3n) is 2.59. The van der Waals surface area contributed by atoms with Gasteiger partial charge in [0.2, 0.25) is 0 Å². The smallest absolute Gasteiger partial charge is 0.0923 e. The molecular formula is C16H22ClN3O. The van der Waals surface area contributed by atoms with Crippen molar-refractivity contribution in [3.05, 3.63) is 58.5 Å². The molecule has 1 aliphatic rings. The van der Waals surface area contributed by atoms with Crippen LogP contribution < -0.4 is 5.73 Å². The van der Waals surface area contributed by atoms with Crippen molar-refractivity contribution in [3.8, 4) is 0 Å². The normalized spacial score (nSPS) is 16.4. The van der Waals surface area contributed by atoms with E-state index >= 15 is 0 Å². The molecule has 0 fully saturated rings. The zero-order valence-corrected chi connectivity index (χ0v) is 13.3. The molecule has 4 nitrogen and oxygen atoms in total. The van der Waals surface area contributed by atoms with Gasteiger partial charge in [-0.2, -0.15) is 0 Å². The Kier molecular flexibility index (Phi) is 8.81. The van der Waals surface area contributed by atoms with Crippen molar-refractivity contribution in [2.24, 2.45) is 5.73 Å². The molecule has 0 bridgehead atoms. The summed E-state index contributed by atoms with van der Waals surface area (Å²) < 4.78 is 0. The van der Waals surface area contributed by atoms with E-state index in [1.54, 1.807) is 19.1 Å². The van der Waals surface area contributed by atoms with E-state index in [0.29, 0.717) is 10.8 Å². The van der Waals surface area contributed by atoms with Crippen LogP contribution in [0.1, 0.15) is 27.2 Å². The lowest BCUT2D eigenvalue weighted by atomic mass is 10.1. The molecule has 21 heavy (non-hydrogen) atoms. The van der Waals surface area contributed by atoms with Crippen LogP contribution in [0.3, 0.4) is 0 Å². The summed E-state index contributed by atoms with van der Waals surface area (Å²) in [6.45, 7) is 5.64. The van der Waals surface area contributed by atoms with E-state index in [4.69, 9.17) is 28.2 Å². The zero-order valence-electron chi connectivity index (χ0n) is 12.6. The highest BCUT2D eigenvalue weighted by Crippen LogP contribution is 2.11. The lowest BCUT2D eigenvalue weighted by Gasteiger charge is -2.00. The summed E-state index contributed by atoms with van der Waals surface area (Å²) in [4.78, 5) is 0. The fourth-order valence-electron chi connectivity index (χ4n) is 1.45. The van der Waals surface area contributed by atoms with E-state index in [2.05, 4.69) is 0 Å². The standard InChI is InChI=1S/C10H17NO.C6H5ClN2/c1-4-10(9(3)12)7-8(2)5-6-11;7-4-1-2-5(8)6(9)3-4/h5-7,12H,4,11H2,1-3H3;1-3,8-9H/b6-5+,8-7-,10-9+;. The van der Waals surface area contributed by atoms with Crippen molar-refractivity contribution < 1.29 is 5.11 Å². The molecule has 0 spiro atoms. The van der Waals surface area contributed by atoms with E-state index in [0.717, 1.165) is 17.6 Å². The topological polar surface area (TPSA) is 93.9 Å². The molecule has 0 amide bonds. The van der Waals surface area contributed by atoms with Crippen LogP contribution >= 0.6 is 11.6 Å². The minimum absolute atomic E-state index is 0.169. The Balaban J connectivity index is 0.000000394. The molecule has 1 rings (SSSR count). The average Bonchev–Trinajstić information content (AvgIpc) is 2.41. The van der Waals surface area contributed by atoms with E-state index in [-0.39, 0.29) is 11.4 Å². The molecule has 0 aromatic rings. The second-order valence-electron chi connectivity index (χ2n) is 4.40. The molecule has 0 saturated carbocycles. The van der Waals surface area contributed by atoms with Crippen LogP contribution in [-0.2, 0) is 0 Å². The molecule has 0 radical (unpaired) electrons. The van der Waals surface area contributed by atoms with Crippen LogP contribution in [0.25, 0.3) is 0 Å². The van der Waals surface area contributed by atoms with Gasteiger partial charge >= 0.3 is 0 Å². The summed E-state index contributed by atoms with van der Waals surface area (Å²) >= 11 is 5.51. The molecule has 0 aromatic carbocycles. The van der Waals surface area contributed by atoms with Gasteiger partial charge in [0.25, 0.3) is 0 Å². The molecule has 0 atom stereocenters. The molecule has 0 aliphatic heterocycles. The van der Waals surface area contributed by atoms with Crippen LogP contribution in [0.2, 0.25) is 0 Å². The Hall–Kier alpha value is -2.07. The average molecular weight is 308 g/mol. The summed E-state index contributed by atoms with van der Waals surface area (Å²) in [7, 11) is 0. The third kappa shape index (κ3) is 7.95. The highest BCUT2D eigenvalue weighted by Gasteiger charge is 2.03. The van der Waals surface area contributed by atoms with Crippen molar-refractivity contribution in [1.82, 2.24) is 0 Å². The largest absolute Gasteiger partial charge is 0.512 e. The molecule has 0 aromatic heterocycles. The third-order valence-corrected chi connectivity index (χ3v) is 2.82. The maximum atomic E-state index is 9.21. The lowest BCUT2D eigenvalue weighted by molar-refractivity contribution is 0.407. The molecule has 0 saturated heterocycles. The second-order valence-corrected chi connectivity index (χ2v) is 4.84. The first-order chi connectivity index (χ1) is 9.81. The fourth-order valence-corrected chi connectivity index (χ4v) is 1.63. The van der Waals surface area contributed by atoms with Crippen molar-refractivity contribution in [3.63, 3.8) is 0 Å². The molecule has 0 heterocycles. The Labute approximate surface area is 131 Å². The van der Waals surface area contributed by atoms with Gasteiger partial charge in [0.15, 0.2) is 0 Å². The first kappa shape index (κ1) is 18.9. The Bertz CT molecular complexity index is 548. The van der Waals surface area contributed by atoms with Gasteiger partial charge in [-0.05, 0) is 61.9 Å². The SMILES string of the molecule is CCC(/C=C(C)\C=C\N)=C(/C)O.N=C1C=CC(Cl)=CC1=N. The van der Waals surface area contributed by atoms with E-state index < -0.39 is 0 Å². The molecule has 5 N–H and O–H groups in total. The highest BCUT2D eigenvalue weighted by molar-refractivity contribution is 6.51. The van der Waals surface area contributed by atoms with Gasteiger partial charge in [-0.25, -0.2) is 0 Å². The molecule has 1 aliphatic carbocycles. The van der Waals surface area contributed by atoms with Crippen LogP contribution in [-0.4, -0.2) is 16.5 Å². The predicted octanol–water partition coefficient (Wildman–Crippen LogP) is 4.37. The summed E-state index contributed by atoms with van der Waals surface area (Å²) in [5, 5.41) is 23.9. The van der Waals surface area contributed by atoms with Gasteiger partial charge < -0.3 is 10.8 Å². The lowest BCUT2D eigenvalue weighted by Crippen LogP contribution is -2.08. The fraction of sp³-hybridized carbons (Fsp3) is 0.250. The number of hydrogen-bond donors (Lipinski definition) is 4. The first-order valence-electron chi connectivity index (χ1n) is 6.49. The molecule has 114 valence electrons. The summed E-state index contributed by atoms with van der Waals surface area (Å²) in [6.07, 6.45) is 10.6. The van der Waals surface area contributed by atoms with Gasteiger partial charge in [-0.3, -0.25) is 10.8 Å². The van der Waals surface area contributed by atoms with E-state index in [1.807, 2.05) is 19.9 Å². The second kappa shape index (κ2) is 9.77. The Morgan fingerprint density at radius 3 is 2.29 bits per heavy atom. The first-order valence-corrected chi connectivity index (χ1v) is 6.87. The number of aliphatic hydroxyl groups is 1. The number of hydrogen-bond acceptors (Lipinski definition) is 4. The van der Waals surface area contributed by atoms with Crippen molar-refractivity contribution in [1.29, 1.82) is 10.8 Å². The van der Waals surface area contributed by atoms with Gasteiger partial charge in [0.05, 0.1) is 17.2 Å². The minimum Gasteiger partial charge on any atom is -0.512 e. The zero-order chi connectivity index (χ0) is 16.4. The van der Waals surface area contributed by atoms with Crippen LogP contribution in [0.15, 0.2) is 58.5 Å². The van der Waals surface area contributed by atoms with Crippen molar-refractivity contribution in [2.45, 2.75) is 27.2 Å². The predicted molar refractivity (Wildman–Crippen MR) is 91.2 cm³/mol. The maximum absolute atomic E-state index is 9.21. The number of nitrogens with one attached hydrogen (secondary N) is 2. The van der Waals surface area contributed by atoms with E-state index in [9.17, 15) is 5.11 Å². The minimum atomic E-state index is 0.169. The Morgan fingerprint density at radius 2 is 1.90 bits per heavy atom. The summed E-state index contributed by atoms with van der Waals surface area (Å²) in [5.41, 5.74) is 7.59. The van der Waals surface area contributed by atoms with Crippen LogP contribution in [0.4, 0.5) is 0 Å². The maximum Gasteiger partial charge on any atom is 0.0923 e. The summed E-state index contributed by atoms with van der Waals surface area (Å²) in [6, 6.07) is 0. The van der Waals surface area contributed by atoms with Crippen LogP contribution in [0.5, 0.6) is 0 Å². The molecule has 5 heteroatoms. The van der Waals surface area contributed by atoms with Gasteiger partial charge in [-0.1, -0.05) is 24.6 Å². The van der Waals surface area contributed by atoms with Gasteiger partial charge in [0.1, 0.15) is 0 Å². The van der Waals surface area contributed by atoms with E-state index in [1.165, 1.54) is 18.4 Å². The number of allylic oxidation sites excluding steroid dienone is 9. The highest BCUT2D eigenvalue weighted by atomic mass is 35.5. The molecule has 0 unspecified atom stereocenters. The van der Waals surface area contributed by atoms with Crippen LogP contribution in [0, 0.1) is 10.8 Å². The van der Waals surface area contributed by atoms with Gasteiger partial charge in [0, 0.05) is 5.03 Å². The van der Waals surface area contributed by atoms with Crippen molar-refractivity contribution >= 4 is 23.0 Å². The number of nitrogens with two attached hydrogens (primary N) is 1. The number of halogens is 1. The Morgan fingerprint density at radius 1 is 1.29 bits per heavy atom. The van der Waals surface area contributed by atoms with Gasteiger partial charge in [-0.15, -0.1) is 0 Å². The van der Waals surface area contributed by atoms with Crippen molar-refractivity contribution in [2.75, 3.05) is 0 Å².